The van der Waals surface area contributed by atoms with Crippen LogP contribution in [0.25, 0.3) is 0 Å². The van der Waals surface area contributed by atoms with Gasteiger partial charge in [0.25, 0.3) is 0 Å². The molecule has 1 atom stereocenters. The molecule has 0 heterocycles. The summed E-state index contributed by atoms with van der Waals surface area (Å²) in [5.74, 6) is -0.908. The summed E-state index contributed by atoms with van der Waals surface area (Å²) in [5, 5.41) is 8.67. The Morgan fingerprint density at radius 2 is 1.92 bits per heavy atom. The Morgan fingerprint density at radius 3 is 2.58 bits per heavy atom. The Hall–Kier alpha value is -2.34. The summed E-state index contributed by atoms with van der Waals surface area (Å²) >= 11 is 0. The molecule has 6 heteroatoms. The zero-order valence-corrected chi connectivity index (χ0v) is 15.1. The molecule has 0 bridgehead atoms. The second kappa shape index (κ2) is 9.97. The van der Waals surface area contributed by atoms with Gasteiger partial charge in [-0.15, -0.1) is 0 Å². The van der Waals surface area contributed by atoms with Crippen molar-refractivity contribution in [3.63, 3.8) is 0 Å². The summed E-state index contributed by atoms with van der Waals surface area (Å²) in [6.45, 7) is 4.04. The second-order valence-corrected chi connectivity index (χ2v) is 6.39. The SMILES string of the molecule is C=C1CCC(O[C@@H](COC(=O)CCC(=O)O)c2ccccc2OC)CC1. The molecule has 142 valence electrons. The summed E-state index contributed by atoms with van der Waals surface area (Å²) in [5.41, 5.74) is 2.05. The molecule has 1 fully saturated rings. The molecule has 1 N–H and O–H groups in total. The van der Waals surface area contributed by atoms with Gasteiger partial charge in [0.05, 0.1) is 26.1 Å². The van der Waals surface area contributed by atoms with Gasteiger partial charge in [0.1, 0.15) is 18.5 Å². The van der Waals surface area contributed by atoms with Crippen LogP contribution in [0.4, 0.5) is 0 Å². The molecule has 1 aromatic carbocycles. The minimum absolute atomic E-state index is 0.0241. The largest absolute Gasteiger partial charge is 0.496 e. The Bertz CT molecular complexity index is 629. The molecule has 0 saturated heterocycles. The van der Waals surface area contributed by atoms with Gasteiger partial charge in [0.15, 0.2) is 0 Å². The van der Waals surface area contributed by atoms with E-state index >= 15 is 0 Å². The molecular formula is C20H26O6. The first kappa shape index (κ1) is 20.0. The van der Waals surface area contributed by atoms with Gasteiger partial charge in [0.2, 0.25) is 0 Å². The van der Waals surface area contributed by atoms with E-state index in [0.29, 0.717) is 5.75 Å². The molecule has 6 nitrogen and oxygen atoms in total. The maximum absolute atomic E-state index is 11.8. The first-order valence-electron chi connectivity index (χ1n) is 8.82. The van der Waals surface area contributed by atoms with Crippen molar-refractivity contribution in [3.8, 4) is 5.75 Å². The van der Waals surface area contributed by atoms with E-state index < -0.39 is 18.0 Å². The minimum Gasteiger partial charge on any atom is -0.496 e. The highest BCUT2D eigenvalue weighted by atomic mass is 16.6. The summed E-state index contributed by atoms with van der Waals surface area (Å²) < 4.78 is 16.9. The molecule has 0 unspecified atom stereocenters. The van der Waals surface area contributed by atoms with Crippen LogP contribution in [0.15, 0.2) is 36.4 Å². The van der Waals surface area contributed by atoms with Crippen molar-refractivity contribution in [2.24, 2.45) is 0 Å². The number of rotatable bonds is 9. The third-order valence-corrected chi connectivity index (χ3v) is 4.42. The highest BCUT2D eigenvalue weighted by molar-refractivity contribution is 5.76. The van der Waals surface area contributed by atoms with Crippen molar-refractivity contribution < 1.29 is 28.9 Å². The number of benzene rings is 1. The van der Waals surface area contributed by atoms with Crippen LogP contribution in [0.2, 0.25) is 0 Å². The lowest BCUT2D eigenvalue weighted by Crippen LogP contribution is -2.24. The molecular weight excluding hydrogens is 336 g/mol. The first-order valence-corrected chi connectivity index (χ1v) is 8.82. The topological polar surface area (TPSA) is 82.1 Å². The number of esters is 1. The summed E-state index contributed by atoms with van der Waals surface area (Å²) in [6.07, 6.45) is 2.84. The van der Waals surface area contributed by atoms with Crippen LogP contribution < -0.4 is 4.74 Å². The third-order valence-electron chi connectivity index (χ3n) is 4.42. The van der Waals surface area contributed by atoms with Gasteiger partial charge in [0, 0.05) is 5.56 Å². The Kier molecular flexibility index (Phi) is 7.66. The normalized spacial score (nSPS) is 16.1. The van der Waals surface area contributed by atoms with Crippen LogP contribution in [-0.4, -0.2) is 36.9 Å². The van der Waals surface area contributed by atoms with E-state index in [-0.39, 0.29) is 25.6 Å². The van der Waals surface area contributed by atoms with Crippen molar-refractivity contribution in [1.82, 2.24) is 0 Å². The highest BCUT2D eigenvalue weighted by Crippen LogP contribution is 2.33. The lowest BCUT2D eigenvalue weighted by Gasteiger charge is -2.29. The van der Waals surface area contributed by atoms with Crippen LogP contribution in [0.5, 0.6) is 5.75 Å². The van der Waals surface area contributed by atoms with Crippen molar-refractivity contribution >= 4 is 11.9 Å². The van der Waals surface area contributed by atoms with E-state index in [0.717, 1.165) is 31.2 Å². The first-order chi connectivity index (χ1) is 12.5. The monoisotopic (exact) mass is 362 g/mol. The quantitative estimate of drug-likeness (QED) is 0.533. The lowest BCUT2D eigenvalue weighted by molar-refractivity contribution is -0.153. The van der Waals surface area contributed by atoms with Gasteiger partial charge in [-0.3, -0.25) is 9.59 Å². The third kappa shape index (κ3) is 6.19. The average Bonchev–Trinajstić information content (AvgIpc) is 2.65. The maximum Gasteiger partial charge on any atom is 0.306 e. The molecule has 0 radical (unpaired) electrons. The number of hydrogen-bond donors (Lipinski definition) is 1. The van der Waals surface area contributed by atoms with Crippen LogP contribution >= 0.6 is 0 Å². The molecule has 26 heavy (non-hydrogen) atoms. The molecule has 0 amide bonds. The number of ether oxygens (including phenoxy) is 3. The number of methoxy groups -OCH3 is 1. The predicted molar refractivity (Wildman–Crippen MR) is 96.0 cm³/mol. The van der Waals surface area contributed by atoms with E-state index in [1.54, 1.807) is 7.11 Å². The van der Waals surface area contributed by atoms with E-state index in [9.17, 15) is 9.59 Å². The van der Waals surface area contributed by atoms with Gasteiger partial charge in [-0.05, 0) is 31.7 Å². The predicted octanol–water partition coefficient (Wildman–Crippen LogP) is 3.66. The zero-order chi connectivity index (χ0) is 18.9. The molecule has 2 rings (SSSR count). The van der Waals surface area contributed by atoms with E-state index in [2.05, 4.69) is 6.58 Å². The van der Waals surface area contributed by atoms with Crippen molar-refractivity contribution in [3.05, 3.63) is 42.0 Å². The van der Waals surface area contributed by atoms with Crippen molar-refractivity contribution in [2.45, 2.75) is 50.7 Å². The molecule has 0 spiro atoms. The summed E-state index contributed by atoms with van der Waals surface area (Å²) in [6, 6.07) is 7.46. The number of carboxylic acid groups (broad SMARTS) is 1. The van der Waals surface area contributed by atoms with Crippen molar-refractivity contribution in [2.75, 3.05) is 13.7 Å². The summed E-state index contributed by atoms with van der Waals surface area (Å²) in [7, 11) is 1.58. The highest BCUT2D eigenvalue weighted by Gasteiger charge is 2.25. The fourth-order valence-electron chi connectivity index (χ4n) is 2.95. The van der Waals surface area contributed by atoms with Crippen LogP contribution in [-0.2, 0) is 19.1 Å². The van der Waals surface area contributed by atoms with E-state index in [1.165, 1.54) is 5.57 Å². The Balaban J connectivity index is 2.04. The van der Waals surface area contributed by atoms with E-state index in [4.69, 9.17) is 19.3 Å². The number of hydrogen-bond acceptors (Lipinski definition) is 5. The maximum atomic E-state index is 11.8. The molecule has 0 aromatic heterocycles. The van der Waals surface area contributed by atoms with Crippen molar-refractivity contribution in [1.29, 1.82) is 0 Å². The van der Waals surface area contributed by atoms with Gasteiger partial charge in [-0.1, -0.05) is 30.4 Å². The molecule has 1 aromatic rings. The average molecular weight is 362 g/mol. The number of para-hydroxylation sites is 1. The number of allylic oxidation sites excluding steroid dienone is 1. The Morgan fingerprint density at radius 1 is 1.23 bits per heavy atom. The minimum atomic E-state index is -1.03. The lowest BCUT2D eigenvalue weighted by atomic mass is 9.93. The van der Waals surface area contributed by atoms with E-state index in [1.807, 2.05) is 24.3 Å². The zero-order valence-electron chi connectivity index (χ0n) is 15.1. The van der Waals surface area contributed by atoms with Gasteiger partial charge < -0.3 is 19.3 Å². The van der Waals surface area contributed by atoms with Crippen LogP contribution in [0.3, 0.4) is 0 Å². The Labute approximate surface area is 153 Å². The van der Waals surface area contributed by atoms with Crippen LogP contribution in [0, 0.1) is 0 Å². The molecule has 1 saturated carbocycles. The number of carboxylic acids is 1. The molecule has 1 aliphatic carbocycles. The molecule has 1 aliphatic rings. The summed E-state index contributed by atoms with van der Waals surface area (Å²) in [4.78, 5) is 22.4. The number of carbonyl (C=O) groups excluding carboxylic acids is 1. The number of carbonyl (C=O) groups is 2. The second-order valence-electron chi connectivity index (χ2n) is 6.39. The number of aliphatic carboxylic acids is 1. The fraction of sp³-hybridized carbons (Fsp3) is 0.500. The van der Waals surface area contributed by atoms with Crippen LogP contribution in [0.1, 0.15) is 50.2 Å². The van der Waals surface area contributed by atoms with Gasteiger partial charge in [-0.25, -0.2) is 0 Å². The smallest absolute Gasteiger partial charge is 0.306 e. The molecule has 0 aliphatic heterocycles. The fourth-order valence-corrected chi connectivity index (χ4v) is 2.95. The standard InChI is InChI=1S/C20H26O6/c1-14-7-9-15(10-8-14)26-18(13-25-20(23)12-11-19(21)22)16-5-3-4-6-17(16)24-2/h3-6,15,18H,1,7-13H2,2H3,(H,21,22)/t18-/m0/s1. The van der Waals surface area contributed by atoms with Gasteiger partial charge >= 0.3 is 11.9 Å². The van der Waals surface area contributed by atoms with Gasteiger partial charge in [-0.2, -0.15) is 0 Å².